The number of hydrogen-bond donors (Lipinski definition) is 0. The SMILES string of the molecule is CC1CCCC(n2cnc3cc(C(=O)[O-])ccc32)C1C. The van der Waals surface area contributed by atoms with Gasteiger partial charge in [-0.15, -0.1) is 0 Å². The molecule has 4 heteroatoms. The van der Waals surface area contributed by atoms with Crippen LogP contribution in [0.2, 0.25) is 0 Å². The molecule has 4 nitrogen and oxygen atoms in total. The van der Waals surface area contributed by atoms with Crippen LogP contribution in [-0.2, 0) is 0 Å². The largest absolute Gasteiger partial charge is 0.545 e. The van der Waals surface area contributed by atoms with E-state index in [1.807, 2.05) is 12.4 Å². The van der Waals surface area contributed by atoms with Crippen LogP contribution in [0.3, 0.4) is 0 Å². The Morgan fingerprint density at radius 1 is 1.35 bits per heavy atom. The van der Waals surface area contributed by atoms with Crippen LogP contribution in [-0.4, -0.2) is 15.5 Å². The minimum atomic E-state index is -1.15. The predicted molar refractivity (Wildman–Crippen MR) is 75.3 cm³/mol. The van der Waals surface area contributed by atoms with E-state index in [-0.39, 0.29) is 5.56 Å². The summed E-state index contributed by atoms with van der Waals surface area (Å²) in [5.74, 6) is 0.178. The molecule has 3 atom stereocenters. The van der Waals surface area contributed by atoms with Crippen molar-refractivity contribution < 1.29 is 9.90 Å². The van der Waals surface area contributed by atoms with Gasteiger partial charge in [-0.05, 0) is 36.0 Å². The minimum absolute atomic E-state index is 0.188. The lowest BCUT2D eigenvalue weighted by molar-refractivity contribution is -0.255. The van der Waals surface area contributed by atoms with E-state index in [2.05, 4.69) is 23.4 Å². The van der Waals surface area contributed by atoms with Crippen molar-refractivity contribution in [2.45, 2.75) is 39.2 Å². The highest BCUT2D eigenvalue weighted by atomic mass is 16.4. The Balaban J connectivity index is 2.02. The van der Waals surface area contributed by atoms with Crippen LogP contribution < -0.4 is 5.11 Å². The fourth-order valence-corrected chi connectivity index (χ4v) is 3.37. The monoisotopic (exact) mass is 271 g/mol. The molecule has 1 aromatic carbocycles. The molecule has 1 heterocycles. The number of benzene rings is 1. The first-order chi connectivity index (χ1) is 9.58. The summed E-state index contributed by atoms with van der Waals surface area (Å²) in [6.07, 6.45) is 5.55. The molecule has 0 saturated heterocycles. The van der Waals surface area contributed by atoms with Gasteiger partial charge in [0.1, 0.15) is 0 Å². The van der Waals surface area contributed by atoms with Crippen LogP contribution in [0.5, 0.6) is 0 Å². The second-order valence-electron chi connectivity index (χ2n) is 5.98. The summed E-state index contributed by atoms with van der Waals surface area (Å²) in [4.78, 5) is 15.3. The number of carbonyl (C=O) groups is 1. The lowest BCUT2D eigenvalue weighted by atomic mass is 9.78. The highest BCUT2D eigenvalue weighted by Gasteiger charge is 2.29. The van der Waals surface area contributed by atoms with E-state index < -0.39 is 5.97 Å². The molecule has 1 saturated carbocycles. The average Bonchev–Trinajstić information content (AvgIpc) is 2.84. The lowest BCUT2D eigenvalue weighted by Gasteiger charge is -2.35. The van der Waals surface area contributed by atoms with Gasteiger partial charge in [-0.25, -0.2) is 4.98 Å². The Bertz CT molecular complexity index is 647. The van der Waals surface area contributed by atoms with Crippen molar-refractivity contribution >= 4 is 17.0 Å². The van der Waals surface area contributed by atoms with E-state index in [0.29, 0.717) is 17.9 Å². The van der Waals surface area contributed by atoms with Crippen LogP contribution in [0.4, 0.5) is 0 Å². The zero-order valence-corrected chi connectivity index (χ0v) is 11.9. The van der Waals surface area contributed by atoms with E-state index in [1.54, 1.807) is 12.1 Å². The van der Waals surface area contributed by atoms with Gasteiger partial charge in [-0.2, -0.15) is 0 Å². The molecular weight excluding hydrogens is 252 g/mol. The van der Waals surface area contributed by atoms with Gasteiger partial charge in [0.25, 0.3) is 0 Å². The molecule has 3 rings (SSSR count). The number of carboxylic acid groups (broad SMARTS) is 1. The van der Waals surface area contributed by atoms with Crippen LogP contribution in [0.1, 0.15) is 49.5 Å². The third-order valence-electron chi connectivity index (χ3n) is 4.83. The Labute approximate surface area is 118 Å². The first-order valence-corrected chi connectivity index (χ1v) is 7.26. The summed E-state index contributed by atoms with van der Waals surface area (Å²) in [5, 5.41) is 10.9. The molecule has 0 spiro atoms. The van der Waals surface area contributed by atoms with Gasteiger partial charge in [0.05, 0.1) is 23.3 Å². The molecule has 1 aliphatic carbocycles. The van der Waals surface area contributed by atoms with Gasteiger partial charge in [-0.1, -0.05) is 32.8 Å². The van der Waals surface area contributed by atoms with Crippen molar-refractivity contribution in [2.24, 2.45) is 11.8 Å². The van der Waals surface area contributed by atoms with Gasteiger partial charge >= 0.3 is 0 Å². The van der Waals surface area contributed by atoms with Gasteiger partial charge in [0, 0.05) is 6.04 Å². The fraction of sp³-hybridized carbons (Fsp3) is 0.500. The first-order valence-electron chi connectivity index (χ1n) is 7.26. The Hall–Kier alpha value is -1.84. The number of nitrogens with zero attached hydrogens (tertiary/aromatic N) is 2. The Kier molecular flexibility index (Phi) is 3.24. The van der Waals surface area contributed by atoms with Gasteiger partial charge in [0.2, 0.25) is 0 Å². The standard InChI is InChI=1S/C16H20N2O2/c1-10-4-3-5-14(11(10)2)18-9-17-13-8-12(16(19)20)6-7-15(13)18/h6-11,14H,3-5H2,1-2H3,(H,19,20)/p-1. The van der Waals surface area contributed by atoms with E-state index in [4.69, 9.17) is 0 Å². The number of fused-ring (bicyclic) bond motifs is 1. The molecule has 3 unspecified atom stereocenters. The Morgan fingerprint density at radius 2 is 2.15 bits per heavy atom. The molecule has 0 amide bonds. The quantitative estimate of drug-likeness (QED) is 0.842. The van der Waals surface area contributed by atoms with E-state index in [0.717, 1.165) is 11.0 Å². The highest BCUT2D eigenvalue weighted by molar-refractivity contribution is 5.91. The summed E-state index contributed by atoms with van der Waals surface area (Å²) in [7, 11) is 0. The number of carbonyl (C=O) groups excluding carboxylic acids is 1. The summed E-state index contributed by atoms with van der Waals surface area (Å²) >= 11 is 0. The summed E-state index contributed by atoms with van der Waals surface area (Å²) in [5.41, 5.74) is 1.94. The zero-order valence-electron chi connectivity index (χ0n) is 11.9. The molecule has 0 bridgehead atoms. The molecule has 0 N–H and O–H groups in total. The fourth-order valence-electron chi connectivity index (χ4n) is 3.37. The molecule has 1 aliphatic rings. The number of rotatable bonds is 2. The van der Waals surface area contributed by atoms with Gasteiger partial charge < -0.3 is 14.5 Å². The average molecular weight is 271 g/mol. The normalized spacial score (nSPS) is 26.8. The number of imidazole rings is 1. The second kappa shape index (κ2) is 4.93. The molecule has 1 aromatic heterocycles. The van der Waals surface area contributed by atoms with E-state index in [1.165, 1.54) is 19.3 Å². The maximum absolute atomic E-state index is 10.9. The molecule has 20 heavy (non-hydrogen) atoms. The van der Waals surface area contributed by atoms with Crippen LogP contribution in [0.25, 0.3) is 11.0 Å². The maximum Gasteiger partial charge on any atom is 0.0961 e. The predicted octanol–water partition coefficient (Wildman–Crippen LogP) is 2.40. The van der Waals surface area contributed by atoms with Crippen LogP contribution >= 0.6 is 0 Å². The summed E-state index contributed by atoms with van der Waals surface area (Å²) in [6, 6.07) is 5.50. The minimum Gasteiger partial charge on any atom is -0.545 e. The van der Waals surface area contributed by atoms with Crippen molar-refractivity contribution in [3.05, 3.63) is 30.1 Å². The van der Waals surface area contributed by atoms with Crippen molar-refractivity contribution in [1.82, 2.24) is 9.55 Å². The third kappa shape index (κ3) is 2.09. The third-order valence-corrected chi connectivity index (χ3v) is 4.83. The number of aromatic carboxylic acids is 1. The molecular formula is C16H19N2O2-. The second-order valence-corrected chi connectivity index (χ2v) is 5.98. The van der Waals surface area contributed by atoms with Crippen LogP contribution in [0, 0.1) is 11.8 Å². The smallest absolute Gasteiger partial charge is 0.0961 e. The molecule has 0 radical (unpaired) electrons. The number of carboxylic acids is 1. The number of aromatic nitrogens is 2. The van der Waals surface area contributed by atoms with Crippen molar-refractivity contribution in [3.8, 4) is 0 Å². The Morgan fingerprint density at radius 3 is 2.90 bits per heavy atom. The number of hydrogen-bond acceptors (Lipinski definition) is 3. The maximum atomic E-state index is 10.9. The van der Waals surface area contributed by atoms with Crippen molar-refractivity contribution in [2.75, 3.05) is 0 Å². The molecule has 2 aromatic rings. The van der Waals surface area contributed by atoms with Crippen LogP contribution in [0.15, 0.2) is 24.5 Å². The molecule has 1 fully saturated rings. The van der Waals surface area contributed by atoms with E-state index in [9.17, 15) is 9.90 Å². The first kappa shape index (κ1) is 13.2. The van der Waals surface area contributed by atoms with Crippen molar-refractivity contribution in [3.63, 3.8) is 0 Å². The lowest BCUT2D eigenvalue weighted by Crippen LogP contribution is -2.26. The van der Waals surface area contributed by atoms with E-state index >= 15 is 0 Å². The van der Waals surface area contributed by atoms with Crippen molar-refractivity contribution in [1.29, 1.82) is 0 Å². The molecule has 106 valence electrons. The molecule has 0 aliphatic heterocycles. The topological polar surface area (TPSA) is 58.0 Å². The highest BCUT2D eigenvalue weighted by Crippen LogP contribution is 2.38. The summed E-state index contributed by atoms with van der Waals surface area (Å²) < 4.78 is 2.22. The van der Waals surface area contributed by atoms with Gasteiger partial charge in [0.15, 0.2) is 0 Å². The summed E-state index contributed by atoms with van der Waals surface area (Å²) in [6.45, 7) is 4.61. The van der Waals surface area contributed by atoms with Gasteiger partial charge in [-0.3, -0.25) is 0 Å². The zero-order chi connectivity index (χ0) is 14.3.